The predicted octanol–water partition coefficient (Wildman–Crippen LogP) is 6.22. The monoisotopic (exact) mass is 589 g/mol. The van der Waals surface area contributed by atoms with Gasteiger partial charge in [0.1, 0.15) is 11.9 Å². The van der Waals surface area contributed by atoms with Crippen LogP contribution in [0.25, 0.3) is 0 Å². The summed E-state index contributed by atoms with van der Waals surface area (Å²) in [5.41, 5.74) is -2.56. The molecule has 2 aliphatic heterocycles. The highest BCUT2D eigenvalue weighted by Gasteiger charge is 2.48. The summed E-state index contributed by atoms with van der Waals surface area (Å²) in [5.74, 6) is -0.879. The average Bonchev–Trinajstić information content (AvgIpc) is 3.29. The molecular formula is C28H30F7N3O3. The van der Waals surface area contributed by atoms with Crippen LogP contribution >= 0.6 is 0 Å². The van der Waals surface area contributed by atoms with Gasteiger partial charge in [-0.25, -0.2) is 9.18 Å². The van der Waals surface area contributed by atoms with Crippen molar-refractivity contribution in [1.29, 1.82) is 0 Å². The van der Waals surface area contributed by atoms with E-state index in [1.165, 1.54) is 31.2 Å². The van der Waals surface area contributed by atoms with E-state index in [2.05, 4.69) is 5.32 Å². The quantitative estimate of drug-likeness (QED) is 0.340. The van der Waals surface area contributed by atoms with Crippen molar-refractivity contribution >= 4 is 12.0 Å². The van der Waals surface area contributed by atoms with Crippen LogP contribution in [-0.4, -0.2) is 54.1 Å². The molecule has 0 aliphatic carbocycles. The third-order valence-corrected chi connectivity index (χ3v) is 7.90. The highest BCUT2D eigenvalue weighted by molar-refractivity contribution is 5.77. The molecule has 0 aromatic heterocycles. The first-order valence-corrected chi connectivity index (χ1v) is 12.9. The Morgan fingerprint density at radius 2 is 1.68 bits per heavy atom. The fourth-order valence-electron chi connectivity index (χ4n) is 5.88. The fraction of sp³-hybridized carbons (Fsp3) is 0.500. The molecule has 0 bridgehead atoms. The van der Waals surface area contributed by atoms with Gasteiger partial charge in [0.05, 0.1) is 24.3 Å². The molecule has 4 rings (SSSR count). The minimum absolute atomic E-state index is 0.0406. The van der Waals surface area contributed by atoms with Crippen LogP contribution in [0.5, 0.6) is 0 Å². The largest absolute Gasteiger partial charge is 0.468 e. The molecule has 1 N–H and O–H groups in total. The van der Waals surface area contributed by atoms with Gasteiger partial charge in [-0.2, -0.15) is 26.3 Å². The van der Waals surface area contributed by atoms with Crippen molar-refractivity contribution < 1.29 is 45.1 Å². The molecule has 2 aromatic carbocycles. The van der Waals surface area contributed by atoms with Gasteiger partial charge in [-0.3, -0.25) is 10.1 Å². The number of likely N-dealkylation sites (tertiary alicyclic amines) is 1. The zero-order chi connectivity index (χ0) is 30.3. The summed E-state index contributed by atoms with van der Waals surface area (Å²) in [5, 5.41) is 3.34. The van der Waals surface area contributed by atoms with Gasteiger partial charge >= 0.3 is 24.4 Å². The molecule has 0 saturated carbocycles. The number of hydrogen-bond acceptors (Lipinski definition) is 4. The summed E-state index contributed by atoms with van der Waals surface area (Å²) in [7, 11) is 2.59. The average molecular weight is 590 g/mol. The second kappa shape index (κ2) is 11.1. The molecule has 2 heterocycles. The number of esters is 1. The van der Waals surface area contributed by atoms with Crippen LogP contribution in [0, 0.1) is 12.7 Å². The second-order valence-electron chi connectivity index (χ2n) is 10.8. The molecule has 2 amide bonds. The number of benzene rings is 2. The number of ether oxygens (including phenoxy) is 1. The van der Waals surface area contributed by atoms with Gasteiger partial charge in [-0.05, 0) is 79.6 Å². The predicted molar refractivity (Wildman–Crippen MR) is 134 cm³/mol. The number of piperidine rings is 1. The van der Waals surface area contributed by atoms with Crippen LogP contribution in [-0.2, 0) is 28.4 Å². The zero-order valence-electron chi connectivity index (χ0n) is 22.6. The maximum atomic E-state index is 13.9. The molecule has 224 valence electrons. The molecular weight excluding hydrogens is 559 g/mol. The lowest BCUT2D eigenvalue weighted by molar-refractivity contribution is -0.144. The van der Waals surface area contributed by atoms with Crippen LogP contribution in [0.3, 0.4) is 0 Å². The van der Waals surface area contributed by atoms with Gasteiger partial charge in [-0.1, -0.05) is 6.07 Å². The van der Waals surface area contributed by atoms with E-state index in [0.717, 1.165) is 4.90 Å². The van der Waals surface area contributed by atoms with Gasteiger partial charge in [0.15, 0.2) is 0 Å². The Balaban J connectivity index is 1.63. The maximum absolute atomic E-state index is 13.9. The molecule has 41 heavy (non-hydrogen) atoms. The molecule has 0 radical (unpaired) electrons. The van der Waals surface area contributed by atoms with Gasteiger partial charge in [0.2, 0.25) is 0 Å². The van der Waals surface area contributed by atoms with Gasteiger partial charge in [0.25, 0.3) is 0 Å². The molecule has 2 saturated heterocycles. The molecule has 13 heteroatoms. The summed E-state index contributed by atoms with van der Waals surface area (Å²) in [6, 6.07) is 3.65. The van der Waals surface area contributed by atoms with E-state index in [0.29, 0.717) is 48.9 Å². The van der Waals surface area contributed by atoms with Crippen molar-refractivity contribution in [2.45, 2.75) is 69.1 Å². The molecule has 0 unspecified atom stereocenters. The van der Waals surface area contributed by atoms with E-state index in [1.54, 1.807) is 13.0 Å². The number of nitrogens with zero attached hydrogens (tertiary/aromatic N) is 2. The summed E-state index contributed by atoms with van der Waals surface area (Å²) in [6.07, 6.45) is -8.09. The van der Waals surface area contributed by atoms with E-state index in [-0.39, 0.29) is 18.2 Å². The van der Waals surface area contributed by atoms with Crippen molar-refractivity contribution in [3.8, 4) is 0 Å². The third kappa shape index (κ3) is 6.60. The van der Waals surface area contributed by atoms with Gasteiger partial charge in [0, 0.05) is 25.7 Å². The number of amides is 2. The first-order valence-electron chi connectivity index (χ1n) is 12.9. The van der Waals surface area contributed by atoms with Crippen molar-refractivity contribution in [2.75, 3.05) is 20.7 Å². The van der Waals surface area contributed by atoms with E-state index in [4.69, 9.17) is 4.74 Å². The number of rotatable bonds is 4. The first-order chi connectivity index (χ1) is 19.0. The number of hydrogen-bond donors (Lipinski definition) is 1. The third-order valence-electron chi connectivity index (χ3n) is 7.90. The van der Waals surface area contributed by atoms with Crippen LogP contribution in [0.1, 0.15) is 59.5 Å². The molecule has 1 spiro atoms. The Morgan fingerprint density at radius 1 is 1.05 bits per heavy atom. The summed E-state index contributed by atoms with van der Waals surface area (Å²) < 4.78 is 98.9. The Kier molecular flexibility index (Phi) is 8.32. The molecule has 2 fully saturated rings. The van der Waals surface area contributed by atoms with Crippen molar-refractivity contribution in [2.24, 2.45) is 0 Å². The minimum atomic E-state index is -5.01. The molecule has 6 nitrogen and oxygen atoms in total. The number of alkyl halides is 6. The normalized spacial score (nSPS) is 23.1. The Hall–Kier alpha value is -3.35. The minimum Gasteiger partial charge on any atom is -0.468 e. The molecule has 3 atom stereocenters. The van der Waals surface area contributed by atoms with E-state index in [1.807, 2.05) is 0 Å². The van der Waals surface area contributed by atoms with Gasteiger partial charge < -0.3 is 14.5 Å². The number of halogens is 7. The Labute approximate surface area is 232 Å². The zero-order valence-corrected chi connectivity index (χ0v) is 22.6. The number of aryl methyl sites for hydroxylation is 1. The van der Waals surface area contributed by atoms with Crippen LogP contribution in [0.15, 0.2) is 36.4 Å². The van der Waals surface area contributed by atoms with Crippen LogP contribution in [0.2, 0.25) is 0 Å². The Bertz CT molecular complexity index is 1280. The lowest BCUT2D eigenvalue weighted by atomic mass is 9.79. The maximum Gasteiger partial charge on any atom is 0.416 e. The SMILES string of the molecule is COC(=O)[C@H]1CC[C@@]2(CCN(C(=O)N(C)Cc3cc(C(F)(F)F)cc(C(F)(F)F)c3)[C@@H](c3ccc(F)cc3C)C2)N1. The van der Waals surface area contributed by atoms with Crippen molar-refractivity contribution in [3.05, 3.63) is 70.0 Å². The number of methoxy groups -OCH3 is 1. The van der Waals surface area contributed by atoms with Crippen LogP contribution < -0.4 is 5.32 Å². The summed E-state index contributed by atoms with van der Waals surface area (Å²) in [6.45, 7) is 1.36. The smallest absolute Gasteiger partial charge is 0.416 e. The highest BCUT2D eigenvalue weighted by atomic mass is 19.4. The van der Waals surface area contributed by atoms with Crippen molar-refractivity contribution in [3.63, 3.8) is 0 Å². The summed E-state index contributed by atoms with van der Waals surface area (Å²) in [4.78, 5) is 28.4. The lowest BCUT2D eigenvalue weighted by Crippen LogP contribution is -2.56. The topological polar surface area (TPSA) is 61.9 Å². The molecule has 2 aromatic rings. The van der Waals surface area contributed by atoms with E-state index >= 15 is 0 Å². The Morgan fingerprint density at radius 3 is 2.24 bits per heavy atom. The van der Waals surface area contributed by atoms with Gasteiger partial charge in [-0.15, -0.1) is 0 Å². The standard InChI is InChI=1S/C28H30F7N3O3/c1-16-10-20(29)4-5-21(16)23-14-26(7-6-22(36-26)24(39)41-3)8-9-38(23)25(40)37(2)15-17-11-18(27(30,31)32)13-19(12-17)28(33,34)35/h4-5,10-13,22-23,36H,6-9,14-15H2,1-3H3/t22-,23-,26+/m1/s1. The molecule has 2 aliphatic rings. The number of carbonyl (C=O) groups is 2. The fourth-order valence-corrected chi connectivity index (χ4v) is 5.88. The lowest BCUT2D eigenvalue weighted by Gasteiger charge is -2.47. The first kappa shape index (κ1) is 30.6. The number of urea groups is 1. The second-order valence-corrected chi connectivity index (χ2v) is 10.8. The van der Waals surface area contributed by atoms with E-state index < -0.39 is 65.5 Å². The summed E-state index contributed by atoms with van der Waals surface area (Å²) >= 11 is 0. The van der Waals surface area contributed by atoms with Crippen molar-refractivity contribution in [1.82, 2.24) is 15.1 Å². The highest BCUT2D eigenvalue weighted by Crippen LogP contribution is 2.44. The number of nitrogens with one attached hydrogen (secondary N) is 1. The number of carbonyl (C=O) groups excluding carboxylic acids is 2. The van der Waals surface area contributed by atoms with E-state index in [9.17, 15) is 40.3 Å². The van der Waals surface area contributed by atoms with Crippen LogP contribution in [0.4, 0.5) is 35.5 Å².